The van der Waals surface area contributed by atoms with Crippen LogP contribution in [-0.4, -0.2) is 28.3 Å². The normalized spacial score (nSPS) is 22.2. The van der Waals surface area contributed by atoms with Gasteiger partial charge >= 0.3 is 5.69 Å². The van der Waals surface area contributed by atoms with Crippen LogP contribution in [0.5, 0.6) is 0 Å². The highest BCUT2D eigenvalue weighted by molar-refractivity contribution is 5.60. The number of hydrogen-bond acceptors (Lipinski definition) is 5. The highest BCUT2D eigenvalue weighted by atomic mass is 16.5. The van der Waals surface area contributed by atoms with Gasteiger partial charge in [0.25, 0.3) is 5.56 Å². The molecule has 2 atom stereocenters. The van der Waals surface area contributed by atoms with Gasteiger partial charge < -0.3 is 15.8 Å². The molecule has 0 amide bonds. The van der Waals surface area contributed by atoms with Crippen LogP contribution >= 0.6 is 0 Å². The minimum atomic E-state index is -0.454. The number of unbranched alkanes of at least 4 members (excludes halogenated alkanes) is 1. The molecule has 118 valence electrons. The third kappa shape index (κ3) is 3.66. The number of nitrogens with two attached hydrogens (primary N) is 1. The molecule has 1 aromatic rings. The molecule has 7 nitrogen and oxygen atoms in total. The molecule has 1 aliphatic rings. The molecular formula is C14H24N4O3. The number of ether oxygens (including phenoxy) is 1. The Kier molecular flexibility index (Phi) is 5.06. The zero-order valence-corrected chi connectivity index (χ0v) is 12.6. The van der Waals surface area contributed by atoms with E-state index in [2.05, 4.69) is 10.3 Å². The van der Waals surface area contributed by atoms with Crippen molar-refractivity contribution in [2.45, 2.75) is 58.2 Å². The molecular weight excluding hydrogens is 272 g/mol. The summed E-state index contributed by atoms with van der Waals surface area (Å²) < 4.78 is 6.92. The molecule has 1 aliphatic heterocycles. The summed E-state index contributed by atoms with van der Waals surface area (Å²) in [6, 6.07) is 0.134. The van der Waals surface area contributed by atoms with E-state index in [0.29, 0.717) is 18.8 Å². The van der Waals surface area contributed by atoms with Crippen molar-refractivity contribution in [3.63, 3.8) is 0 Å². The maximum atomic E-state index is 12.0. The third-order valence-corrected chi connectivity index (χ3v) is 3.81. The first-order valence-corrected chi connectivity index (χ1v) is 7.53. The first-order chi connectivity index (χ1) is 10.0. The molecule has 4 N–H and O–H groups in total. The lowest BCUT2D eigenvalue weighted by molar-refractivity contribution is 0.0232. The smallest absolute Gasteiger partial charge is 0.330 e. The maximum absolute atomic E-state index is 12.0. The monoisotopic (exact) mass is 296 g/mol. The lowest BCUT2D eigenvalue weighted by atomic mass is 10.0. The fourth-order valence-corrected chi connectivity index (χ4v) is 2.60. The highest BCUT2D eigenvalue weighted by Crippen LogP contribution is 2.19. The van der Waals surface area contributed by atoms with E-state index in [0.717, 1.165) is 25.7 Å². The predicted molar refractivity (Wildman–Crippen MR) is 82.7 cm³/mol. The van der Waals surface area contributed by atoms with Gasteiger partial charge in [-0.3, -0.25) is 14.3 Å². The van der Waals surface area contributed by atoms with Crippen molar-refractivity contribution in [3.05, 3.63) is 20.8 Å². The number of aromatic nitrogens is 2. The van der Waals surface area contributed by atoms with Crippen molar-refractivity contribution < 1.29 is 4.74 Å². The quantitative estimate of drug-likeness (QED) is 0.749. The average molecular weight is 296 g/mol. The average Bonchev–Trinajstić information content (AvgIpc) is 2.43. The Morgan fingerprint density at radius 2 is 2.24 bits per heavy atom. The summed E-state index contributed by atoms with van der Waals surface area (Å²) in [5.41, 5.74) is 5.42. The molecule has 0 saturated carbocycles. The number of H-pyrrole nitrogens is 1. The van der Waals surface area contributed by atoms with Crippen LogP contribution in [0.15, 0.2) is 9.59 Å². The molecule has 2 rings (SSSR count). The van der Waals surface area contributed by atoms with Gasteiger partial charge in [-0.05, 0) is 26.2 Å². The van der Waals surface area contributed by atoms with Gasteiger partial charge in [-0.25, -0.2) is 4.79 Å². The lowest BCUT2D eigenvalue weighted by Crippen LogP contribution is -2.38. The van der Waals surface area contributed by atoms with Gasteiger partial charge in [0, 0.05) is 19.2 Å². The Hall–Kier alpha value is -1.76. The molecule has 1 saturated heterocycles. The van der Waals surface area contributed by atoms with E-state index in [1.54, 1.807) is 0 Å². The number of nitrogens with one attached hydrogen (secondary N) is 2. The Morgan fingerprint density at radius 3 is 2.90 bits per heavy atom. The second-order valence-corrected chi connectivity index (χ2v) is 5.57. The predicted octanol–water partition coefficient (Wildman–Crippen LogP) is 0.898. The van der Waals surface area contributed by atoms with Crippen LogP contribution in [0, 0.1) is 0 Å². The number of hydrogen-bond donors (Lipinski definition) is 3. The van der Waals surface area contributed by atoms with Crippen molar-refractivity contribution >= 4 is 11.5 Å². The summed E-state index contributed by atoms with van der Waals surface area (Å²) in [4.78, 5) is 26.2. The van der Waals surface area contributed by atoms with Crippen LogP contribution in [0.25, 0.3) is 0 Å². The second-order valence-electron chi connectivity index (χ2n) is 5.57. The van der Waals surface area contributed by atoms with Crippen LogP contribution in [0.3, 0.4) is 0 Å². The van der Waals surface area contributed by atoms with E-state index in [1.807, 2.05) is 13.8 Å². The molecule has 1 fully saturated rings. The minimum Gasteiger partial charge on any atom is -0.383 e. The Morgan fingerprint density at radius 1 is 1.48 bits per heavy atom. The van der Waals surface area contributed by atoms with Gasteiger partial charge in [-0.2, -0.15) is 0 Å². The number of nitrogens with zero attached hydrogens (tertiary/aromatic N) is 1. The fourth-order valence-electron chi connectivity index (χ4n) is 2.60. The first-order valence-electron chi connectivity index (χ1n) is 7.53. The minimum absolute atomic E-state index is 0.134. The van der Waals surface area contributed by atoms with Gasteiger partial charge in [-0.15, -0.1) is 0 Å². The zero-order chi connectivity index (χ0) is 15.4. The van der Waals surface area contributed by atoms with Crippen LogP contribution in [0.2, 0.25) is 0 Å². The van der Waals surface area contributed by atoms with E-state index in [9.17, 15) is 9.59 Å². The Bertz CT molecular complexity index is 593. The number of anilines is 2. The number of rotatable bonds is 5. The fraction of sp³-hybridized carbons (Fsp3) is 0.714. The van der Waals surface area contributed by atoms with Crippen molar-refractivity contribution in [2.24, 2.45) is 0 Å². The molecule has 21 heavy (non-hydrogen) atoms. The standard InChI is InChI=1S/C14H24N4O3/c1-3-4-6-18-12(15)11(13(19)17-14(18)20)16-10-5-7-21-9(2)8-10/h9-10,16H,3-8,15H2,1-2H3,(H,17,19,20). The van der Waals surface area contributed by atoms with Crippen LogP contribution in [0.1, 0.15) is 39.5 Å². The molecule has 7 heteroatoms. The summed E-state index contributed by atoms with van der Waals surface area (Å²) in [7, 11) is 0. The van der Waals surface area contributed by atoms with Crippen LogP contribution < -0.4 is 22.3 Å². The van der Waals surface area contributed by atoms with E-state index in [4.69, 9.17) is 10.5 Å². The molecule has 1 aromatic heterocycles. The molecule has 0 spiro atoms. The number of nitrogen functional groups attached to an aromatic ring is 1. The number of aromatic amines is 1. The van der Waals surface area contributed by atoms with Crippen molar-refractivity contribution in [1.29, 1.82) is 0 Å². The molecule has 0 aliphatic carbocycles. The van der Waals surface area contributed by atoms with E-state index in [-0.39, 0.29) is 18.0 Å². The zero-order valence-electron chi connectivity index (χ0n) is 12.6. The third-order valence-electron chi connectivity index (χ3n) is 3.81. The maximum Gasteiger partial charge on any atom is 0.330 e. The summed E-state index contributed by atoms with van der Waals surface area (Å²) in [5.74, 6) is 0.219. The summed E-state index contributed by atoms with van der Waals surface area (Å²) in [5, 5.41) is 3.18. The molecule has 2 unspecified atom stereocenters. The van der Waals surface area contributed by atoms with Crippen molar-refractivity contribution in [1.82, 2.24) is 9.55 Å². The van der Waals surface area contributed by atoms with Crippen molar-refractivity contribution in [2.75, 3.05) is 17.7 Å². The van der Waals surface area contributed by atoms with Crippen LogP contribution in [0.4, 0.5) is 11.5 Å². The Balaban J connectivity index is 2.26. The van der Waals surface area contributed by atoms with Crippen molar-refractivity contribution in [3.8, 4) is 0 Å². The van der Waals surface area contributed by atoms with Gasteiger partial charge in [-0.1, -0.05) is 13.3 Å². The Labute approximate surface area is 123 Å². The highest BCUT2D eigenvalue weighted by Gasteiger charge is 2.22. The SMILES string of the molecule is CCCCn1c(N)c(NC2CCOC(C)C2)c(=O)[nH]c1=O. The lowest BCUT2D eigenvalue weighted by Gasteiger charge is -2.29. The van der Waals surface area contributed by atoms with E-state index >= 15 is 0 Å². The second kappa shape index (κ2) is 6.80. The first kappa shape index (κ1) is 15.6. The molecule has 0 radical (unpaired) electrons. The largest absolute Gasteiger partial charge is 0.383 e. The van der Waals surface area contributed by atoms with Crippen LogP contribution in [-0.2, 0) is 11.3 Å². The molecule has 2 heterocycles. The van der Waals surface area contributed by atoms with Gasteiger partial charge in [0.2, 0.25) is 0 Å². The topological polar surface area (TPSA) is 102 Å². The summed E-state index contributed by atoms with van der Waals surface area (Å²) in [6.45, 7) is 5.21. The summed E-state index contributed by atoms with van der Waals surface area (Å²) >= 11 is 0. The van der Waals surface area contributed by atoms with E-state index in [1.165, 1.54) is 4.57 Å². The van der Waals surface area contributed by atoms with E-state index < -0.39 is 11.2 Å². The van der Waals surface area contributed by atoms with Gasteiger partial charge in [0.1, 0.15) is 11.5 Å². The van der Waals surface area contributed by atoms with Gasteiger partial charge in [0.05, 0.1) is 6.10 Å². The van der Waals surface area contributed by atoms with Gasteiger partial charge in [0.15, 0.2) is 0 Å². The molecule has 0 bridgehead atoms. The summed E-state index contributed by atoms with van der Waals surface area (Å²) in [6.07, 6.45) is 3.57. The molecule has 0 aromatic carbocycles.